The van der Waals surface area contributed by atoms with E-state index in [0.29, 0.717) is 29.1 Å². The fourth-order valence-electron chi connectivity index (χ4n) is 2.07. The Kier molecular flexibility index (Phi) is 5.01. The van der Waals surface area contributed by atoms with Gasteiger partial charge in [-0.15, -0.1) is 18.3 Å². The van der Waals surface area contributed by atoms with Gasteiger partial charge < -0.3 is 0 Å². The van der Waals surface area contributed by atoms with E-state index >= 15 is 0 Å². The first kappa shape index (κ1) is 15.1. The molecule has 106 valence electrons. The Balaban J connectivity index is 2.48. The van der Waals surface area contributed by atoms with E-state index in [1.54, 1.807) is 42.6 Å². The van der Waals surface area contributed by atoms with Crippen molar-refractivity contribution in [1.82, 2.24) is 10.2 Å². The average molecular weight is 299 g/mol. The molecular formula is C17H15ClN2O. The Morgan fingerprint density at radius 3 is 2.43 bits per heavy atom. The van der Waals surface area contributed by atoms with Crippen LogP contribution in [0.5, 0.6) is 0 Å². The maximum Gasteiger partial charge on any atom is 0.213 e. The molecule has 0 aliphatic rings. The first-order chi connectivity index (χ1) is 10.2. The van der Waals surface area contributed by atoms with Crippen LogP contribution in [-0.4, -0.2) is 16.0 Å². The number of rotatable bonds is 6. The van der Waals surface area contributed by atoms with Crippen LogP contribution in [0.2, 0.25) is 5.02 Å². The number of allylic oxidation sites excluding steroid dienone is 2. The van der Waals surface area contributed by atoms with E-state index in [0.717, 1.165) is 11.1 Å². The van der Waals surface area contributed by atoms with Gasteiger partial charge in [0.2, 0.25) is 5.78 Å². The summed E-state index contributed by atoms with van der Waals surface area (Å²) < 4.78 is 0. The maximum atomic E-state index is 12.6. The van der Waals surface area contributed by atoms with Crippen molar-refractivity contribution in [1.29, 1.82) is 0 Å². The summed E-state index contributed by atoms with van der Waals surface area (Å²) in [6, 6.07) is 6.74. The Morgan fingerprint density at radius 1 is 1.14 bits per heavy atom. The summed E-state index contributed by atoms with van der Waals surface area (Å²) >= 11 is 5.85. The molecule has 1 aromatic carbocycles. The molecule has 0 unspecified atom stereocenters. The lowest BCUT2D eigenvalue weighted by atomic mass is 9.97. The van der Waals surface area contributed by atoms with Gasteiger partial charge in [0, 0.05) is 10.6 Å². The van der Waals surface area contributed by atoms with Gasteiger partial charge in [0.1, 0.15) is 5.69 Å². The van der Waals surface area contributed by atoms with Gasteiger partial charge in [0.05, 0.1) is 6.20 Å². The number of benzene rings is 1. The summed E-state index contributed by atoms with van der Waals surface area (Å²) in [5, 5.41) is 8.54. The number of nitrogens with zero attached hydrogens (tertiary/aromatic N) is 2. The largest absolute Gasteiger partial charge is 0.287 e. The van der Waals surface area contributed by atoms with E-state index in [1.165, 1.54) is 0 Å². The Hall–Kier alpha value is -2.26. The standard InChI is InChI=1S/C17H15ClN2O/c1-3-5-13-11-19-20-16(15(13)6-4-2)17(21)12-7-9-14(18)10-8-12/h3-4,7-11H,1-2,5-6H2. The van der Waals surface area contributed by atoms with E-state index in [4.69, 9.17) is 11.6 Å². The van der Waals surface area contributed by atoms with Gasteiger partial charge >= 0.3 is 0 Å². The van der Waals surface area contributed by atoms with Crippen molar-refractivity contribution in [2.24, 2.45) is 0 Å². The second kappa shape index (κ2) is 6.95. The fraction of sp³-hybridized carbons (Fsp3) is 0.118. The maximum absolute atomic E-state index is 12.6. The average Bonchev–Trinajstić information content (AvgIpc) is 2.49. The molecule has 0 spiro atoms. The Bertz CT molecular complexity index is 678. The van der Waals surface area contributed by atoms with Crippen LogP contribution in [-0.2, 0) is 12.8 Å². The highest BCUT2D eigenvalue weighted by Crippen LogP contribution is 2.19. The lowest BCUT2D eigenvalue weighted by Crippen LogP contribution is -2.12. The minimum Gasteiger partial charge on any atom is -0.287 e. The minimum absolute atomic E-state index is 0.165. The summed E-state index contributed by atoms with van der Waals surface area (Å²) in [5.74, 6) is -0.165. The molecule has 0 fully saturated rings. The van der Waals surface area contributed by atoms with Gasteiger partial charge in [-0.05, 0) is 48.2 Å². The number of hydrogen-bond donors (Lipinski definition) is 0. The molecule has 0 bridgehead atoms. The van der Waals surface area contributed by atoms with Crippen molar-refractivity contribution in [3.05, 3.63) is 83.2 Å². The number of hydrogen-bond acceptors (Lipinski definition) is 3. The van der Waals surface area contributed by atoms with Crippen LogP contribution in [0, 0.1) is 0 Å². The lowest BCUT2D eigenvalue weighted by molar-refractivity contribution is 0.103. The topological polar surface area (TPSA) is 42.9 Å². The van der Waals surface area contributed by atoms with Crippen LogP contribution >= 0.6 is 11.6 Å². The van der Waals surface area contributed by atoms with Gasteiger partial charge in [0.25, 0.3) is 0 Å². The summed E-state index contributed by atoms with van der Waals surface area (Å²) in [4.78, 5) is 12.6. The monoisotopic (exact) mass is 298 g/mol. The van der Waals surface area contributed by atoms with Crippen molar-refractivity contribution >= 4 is 17.4 Å². The molecule has 1 aromatic heterocycles. The third kappa shape index (κ3) is 3.44. The molecule has 0 radical (unpaired) electrons. The molecule has 4 heteroatoms. The lowest BCUT2D eigenvalue weighted by Gasteiger charge is -2.10. The SMILES string of the molecule is C=CCc1cnnc(C(=O)c2ccc(Cl)cc2)c1CC=C. The molecule has 0 aliphatic heterocycles. The van der Waals surface area contributed by atoms with Crippen molar-refractivity contribution in [2.45, 2.75) is 12.8 Å². The third-order valence-electron chi connectivity index (χ3n) is 3.08. The third-order valence-corrected chi connectivity index (χ3v) is 3.33. The minimum atomic E-state index is -0.165. The first-order valence-corrected chi connectivity index (χ1v) is 6.90. The quantitative estimate of drug-likeness (QED) is 0.601. The van der Waals surface area contributed by atoms with Crippen LogP contribution in [0.25, 0.3) is 0 Å². The van der Waals surface area contributed by atoms with Crippen molar-refractivity contribution in [3.8, 4) is 0 Å². The summed E-state index contributed by atoms with van der Waals surface area (Å²) in [7, 11) is 0. The highest BCUT2D eigenvalue weighted by atomic mass is 35.5. The van der Waals surface area contributed by atoms with E-state index < -0.39 is 0 Å². The van der Waals surface area contributed by atoms with E-state index in [1.807, 2.05) is 0 Å². The molecule has 2 rings (SSSR count). The molecule has 0 N–H and O–H groups in total. The van der Waals surface area contributed by atoms with E-state index in [-0.39, 0.29) is 5.78 Å². The van der Waals surface area contributed by atoms with Crippen LogP contribution in [0.3, 0.4) is 0 Å². The normalized spacial score (nSPS) is 10.1. The van der Waals surface area contributed by atoms with Crippen LogP contribution in [0.1, 0.15) is 27.2 Å². The van der Waals surface area contributed by atoms with Crippen molar-refractivity contribution in [2.75, 3.05) is 0 Å². The van der Waals surface area contributed by atoms with Gasteiger partial charge in [0.15, 0.2) is 0 Å². The highest BCUT2D eigenvalue weighted by Gasteiger charge is 2.18. The molecule has 21 heavy (non-hydrogen) atoms. The molecule has 0 saturated heterocycles. The number of ketones is 1. The number of aromatic nitrogens is 2. The van der Waals surface area contributed by atoms with E-state index in [9.17, 15) is 4.79 Å². The first-order valence-electron chi connectivity index (χ1n) is 6.53. The number of carbonyl (C=O) groups excluding carboxylic acids is 1. The van der Waals surface area contributed by atoms with Crippen molar-refractivity contribution in [3.63, 3.8) is 0 Å². The number of halogens is 1. The zero-order chi connectivity index (χ0) is 15.2. The smallest absolute Gasteiger partial charge is 0.213 e. The Labute approximate surface area is 129 Å². The molecule has 1 heterocycles. The molecule has 0 saturated carbocycles. The van der Waals surface area contributed by atoms with Gasteiger partial charge in [-0.1, -0.05) is 23.8 Å². The van der Waals surface area contributed by atoms with Crippen LogP contribution in [0.4, 0.5) is 0 Å². The predicted molar refractivity (Wildman–Crippen MR) is 84.7 cm³/mol. The van der Waals surface area contributed by atoms with Gasteiger partial charge in [-0.3, -0.25) is 4.79 Å². The van der Waals surface area contributed by atoms with Gasteiger partial charge in [-0.2, -0.15) is 5.10 Å². The molecule has 0 atom stereocenters. The summed E-state index contributed by atoms with van der Waals surface area (Å²) in [5.41, 5.74) is 2.68. The summed E-state index contributed by atoms with van der Waals surface area (Å²) in [6.45, 7) is 7.47. The van der Waals surface area contributed by atoms with E-state index in [2.05, 4.69) is 23.4 Å². The highest BCUT2D eigenvalue weighted by molar-refractivity contribution is 6.30. The number of carbonyl (C=O) groups is 1. The molecule has 0 aliphatic carbocycles. The van der Waals surface area contributed by atoms with Crippen LogP contribution in [0.15, 0.2) is 55.8 Å². The fourth-order valence-corrected chi connectivity index (χ4v) is 2.20. The Morgan fingerprint density at radius 2 is 1.81 bits per heavy atom. The predicted octanol–water partition coefficient (Wildman–Crippen LogP) is 3.82. The van der Waals surface area contributed by atoms with Crippen LogP contribution < -0.4 is 0 Å². The molecule has 2 aromatic rings. The summed E-state index contributed by atoms with van der Waals surface area (Å²) in [6.07, 6.45) is 6.40. The molecule has 0 amide bonds. The molecule has 3 nitrogen and oxygen atoms in total. The second-order valence-electron chi connectivity index (χ2n) is 4.52. The second-order valence-corrected chi connectivity index (χ2v) is 4.96. The molecular weight excluding hydrogens is 284 g/mol. The van der Waals surface area contributed by atoms with Crippen molar-refractivity contribution < 1.29 is 4.79 Å². The van der Waals surface area contributed by atoms with Gasteiger partial charge in [-0.25, -0.2) is 0 Å². The zero-order valence-electron chi connectivity index (χ0n) is 11.6. The zero-order valence-corrected chi connectivity index (χ0v) is 12.3.